The van der Waals surface area contributed by atoms with Crippen molar-refractivity contribution in [2.45, 2.75) is 69.7 Å². The molecule has 3 aliphatic rings. The number of unbranched alkanes of at least 4 members (excludes halogenated alkanes) is 3. The zero-order valence-electron chi connectivity index (χ0n) is 23.1. The number of amides is 3. The number of carbonyl (C=O) groups is 3. The Kier molecular flexibility index (Phi) is 8.22. The van der Waals surface area contributed by atoms with E-state index in [1.165, 1.54) is 0 Å². The van der Waals surface area contributed by atoms with Crippen LogP contribution in [-0.4, -0.2) is 58.1 Å². The van der Waals surface area contributed by atoms with Crippen molar-refractivity contribution in [3.05, 3.63) is 65.2 Å². The second kappa shape index (κ2) is 11.5. The molecule has 0 saturated carbocycles. The molecule has 5 rings (SSSR count). The Hall–Kier alpha value is -2.94. The van der Waals surface area contributed by atoms with Gasteiger partial charge in [0.1, 0.15) is 11.6 Å². The Morgan fingerprint density at radius 2 is 1.75 bits per heavy atom. The Bertz CT molecular complexity index is 1260. The third-order valence-corrected chi connectivity index (χ3v) is 9.42. The predicted octanol–water partition coefficient (Wildman–Crippen LogP) is 4.16. The molecule has 6 atom stereocenters. The summed E-state index contributed by atoms with van der Waals surface area (Å²) in [5.41, 5.74) is -0.561. The molecule has 1 spiro atoms. The average molecular weight is 568 g/mol. The number of nitrogens with one attached hydrogen (secondary N) is 2. The minimum absolute atomic E-state index is 0.0378. The maximum absolute atomic E-state index is 14.2. The van der Waals surface area contributed by atoms with Crippen molar-refractivity contribution in [3.8, 4) is 0 Å². The molecule has 214 valence electrons. The number of carbonyl (C=O) groups excluding carboxylic acids is 3. The number of rotatable bonds is 11. The fraction of sp³-hybridized carbons (Fsp3) is 0.516. The molecular formula is C31H38ClN3O5. The molecular weight excluding hydrogens is 530 g/mol. The summed E-state index contributed by atoms with van der Waals surface area (Å²) in [6.45, 7) is 4.79. The third kappa shape index (κ3) is 4.91. The molecule has 3 aliphatic heterocycles. The molecule has 3 amide bonds. The van der Waals surface area contributed by atoms with Gasteiger partial charge in [-0.25, -0.2) is 0 Å². The molecule has 8 nitrogen and oxygen atoms in total. The summed E-state index contributed by atoms with van der Waals surface area (Å²) in [5.74, 6) is -2.32. The number of hydrogen-bond donors (Lipinski definition) is 3. The number of hydrogen-bond acceptors (Lipinski definition) is 5. The molecule has 3 heterocycles. The first-order valence-corrected chi connectivity index (χ1v) is 14.6. The summed E-state index contributed by atoms with van der Waals surface area (Å²) >= 11 is 6.36. The van der Waals surface area contributed by atoms with Crippen LogP contribution in [0.5, 0.6) is 0 Å². The molecule has 2 aromatic carbocycles. The monoisotopic (exact) mass is 567 g/mol. The van der Waals surface area contributed by atoms with Gasteiger partial charge in [0, 0.05) is 19.7 Å². The van der Waals surface area contributed by atoms with Gasteiger partial charge in [0.2, 0.25) is 17.7 Å². The topological polar surface area (TPSA) is 108 Å². The highest BCUT2D eigenvalue weighted by atomic mass is 35.5. The summed E-state index contributed by atoms with van der Waals surface area (Å²) in [6.07, 6.45) is 3.53. The highest BCUT2D eigenvalue weighted by Gasteiger charge is 2.79. The van der Waals surface area contributed by atoms with Gasteiger partial charge in [-0.05, 0) is 49.8 Å². The second-order valence-electron chi connectivity index (χ2n) is 11.5. The van der Waals surface area contributed by atoms with Crippen molar-refractivity contribution >= 4 is 35.0 Å². The molecule has 3 N–H and O–H groups in total. The summed E-state index contributed by atoms with van der Waals surface area (Å²) in [7, 11) is 0. The zero-order chi connectivity index (χ0) is 28.5. The highest BCUT2D eigenvalue weighted by Crippen LogP contribution is 2.65. The Labute approximate surface area is 240 Å². The van der Waals surface area contributed by atoms with Crippen LogP contribution in [-0.2, 0) is 25.7 Å². The molecule has 0 aromatic heterocycles. The molecule has 0 aliphatic carbocycles. The lowest BCUT2D eigenvalue weighted by Crippen LogP contribution is -2.54. The van der Waals surface area contributed by atoms with Gasteiger partial charge in [-0.15, -0.1) is 0 Å². The van der Waals surface area contributed by atoms with Crippen molar-refractivity contribution in [3.63, 3.8) is 0 Å². The van der Waals surface area contributed by atoms with Gasteiger partial charge < -0.3 is 25.4 Å². The molecule has 3 unspecified atom stereocenters. The predicted molar refractivity (Wildman–Crippen MR) is 152 cm³/mol. The van der Waals surface area contributed by atoms with Crippen LogP contribution in [0.1, 0.15) is 51.5 Å². The van der Waals surface area contributed by atoms with Crippen molar-refractivity contribution in [2.75, 3.05) is 18.5 Å². The van der Waals surface area contributed by atoms with E-state index in [0.717, 1.165) is 18.4 Å². The smallest absolute Gasteiger partial charge is 0.250 e. The van der Waals surface area contributed by atoms with Crippen LogP contribution in [0.4, 0.5) is 5.69 Å². The minimum atomic E-state index is -1.11. The fourth-order valence-electron chi connectivity index (χ4n) is 7.09. The largest absolute Gasteiger partial charge is 0.396 e. The number of ether oxygens (including phenoxy) is 1. The standard InChI is InChI=1S/C31H38ClN3O5/c1-20-18-31-25(24(30(20,2)40-31)27(37)33-19-21-12-6-5-7-13-21)29(39)35(16-10-3-4-11-17-36)26(31)28(38)34-23-15-9-8-14-22(23)32/h5-9,12-15,20,24-26,36H,3-4,10-11,16-19H2,1-2H3,(H,33,37)(H,34,38)/t20?,24-,25-,26?,30+,31?/m0/s1. The number of anilines is 1. The number of likely N-dealkylation sites (tertiary alicyclic amines) is 1. The Balaban J connectivity index is 1.45. The normalized spacial score (nSPS) is 30.4. The molecule has 2 bridgehead atoms. The van der Waals surface area contributed by atoms with E-state index in [1.807, 2.05) is 44.2 Å². The van der Waals surface area contributed by atoms with Crippen LogP contribution in [0.15, 0.2) is 54.6 Å². The summed E-state index contributed by atoms with van der Waals surface area (Å²) < 4.78 is 6.77. The summed E-state index contributed by atoms with van der Waals surface area (Å²) in [5, 5.41) is 15.5. The van der Waals surface area contributed by atoms with Crippen LogP contribution < -0.4 is 10.6 Å². The van der Waals surface area contributed by atoms with Gasteiger partial charge in [-0.1, -0.05) is 73.8 Å². The van der Waals surface area contributed by atoms with E-state index in [-0.39, 0.29) is 30.2 Å². The SMILES string of the molecule is CC1CC23O[C@@]1(C)[C@H](C(=O)NCc1ccccc1)[C@H]2C(=O)N(CCCCCCO)C3C(=O)Nc1ccccc1Cl. The van der Waals surface area contributed by atoms with Crippen molar-refractivity contribution in [1.82, 2.24) is 10.2 Å². The lowest BCUT2D eigenvalue weighted by Gasteiger charge is -2.36. The minimum Gasteiger partial charge on any atom is -0.396 e. The lowest BCUT2D eigenvalue weighted by molar-refractivity contribution is -0.146. The Morgan fingerprint density at radius 1 is 1.05 bits per heavy atom. The maximum Gasteiger partial charge on any atom is 0.250 e. The number of para-hydroxylation sites is 1. The van der Waals surface area contributed by atoms with Gasteiger partial charge in [0.25, 0.3) is 0 Å². The summed E-state index contributed by atoms with van der Waals surface area (Å²) in [4.78, 5) is 43.6. The molecule has 9 heteroatoms. The number of aliphatic hydroxyl groups is 1. The van der Waals surface area contributed by atoms with E-state index in [9.17, 15) is 14.4 Å². The van der Waals surface area contributed by atoms with Gasteiger partial charge >= 0.3 is 0 Å². The van der Waals surface area contributed by atoms with Gasteiger partial charge in [-0.2, -0.15) is 0 Å². The van der Waals surface area contributed by atoms with Crippen LogP contribution in [0.2, 0.25) is 5.02 Å². The number of fused-ring (bicyclic) bond motifs is 1. The average Bonchev–Trinajstić information content (AvgIpc) is 3.45. The quantitative estimate of drug-likeness (QED) is 0.353. The van der Waals surface area contributed by atoms with Crippen molar-refractivity contribution in [1.29, 1.82) is 0 Å². The molecule has 3 saturated heterocycles. The Morgan fingerprint density at radius 3 is 2.48 bits per heavy atom. The number of benzene rings is 2. The fourth-order valence-corrected chi connectivity index (χ4v) is 7.27. The third-order valence-electron chi connectivity index (χ3n) is 9.09. The lowest BCUT2D eigenvalue weighted by atomic mass is 9.62. The van der Waals surface area contributed by atoms with Crippen LogP contribution in [0.25, 0.3) is 0 Å². The second-order valence-corrected chi connectivity index (χ2v) is 12.0. The number of aliphatic hydroxyl groups excluding tert-OH is 1. The first-order chi connectivity index (χ1) is 19.2. The van der Waals surface area contributed by atoms with E-state index < -0.39 is 29.1 Å². The van der Waals surface area contributed by atoms with Gasteiger partial charge in [0.05, 0.1) is 28.1 Å². The molecule has 40 heavy (non-hydrogen) atoms. The molecule has 2 aromatic rings. The number of nitrogens with zero attached hydrogens (tertiary/aromatic N) is 1. The highest BCUT2D eigenvalue weighted by molar-refractivity contribution is 6.33. The van der Waals surface area contributed by atoms with E-state index in [2.05, 4.69) is 10.6 Å². The molecule has 0 radical (unpaired) electrons. The van der Waals surface area contributed by atoms with Crippen molar-refractivity contribution < 1.29 is 24.2 Å². The number of halogens is 1. The first kappa shape index (κ1) is 28.6. The van der Waals surface area contributed by atoms with Crippen LogP contribution in [0, 0.1) is 17.8 Å². The van der Waals surface area contributed by atoms with Gasteiger partial charge in [0.15, 0.2) is 0 Å². The van der Waals surface area contributed by atoms with E-state index in [0.29, 0.717) is 43.1 Å². The van der Waals surface area contributed by atoms with Crippen LogP contribution in [0.3, 0.4) is 0 Å². The van der Waals surface area contributed by atoms with Crippen molar-refractivity contribution in [2.24, 2.45) is 17.8 Å². The molecule has 3 fully saturated rings. The zero-order valence-corrected chi connectivity index (χ0v) is 23.8. The summed E-state index contributed by atoms with van der Waals surface area (Å²) in [6, 6.07) is 15.7. The first-order valence-electron chi connectivity index (χ1n) is 14.2. The maximum atomic E-state index is 14.2. The van der Waals surface area contributed by atoms with E-state index >= 15 is 0 Å². The van der Waals surface area contributed by atoms with E-state index in [4.69, 9.17) is 21.4 Å². The van der Waals surface area contributed by atoms with Gasteiger partial charge in [-0.3, -0.25) is 14.4 Å². The van der Waals surface area contributed by atoms with E-state index in [1.54, 1.807) is 29.2 Å². The van der Waals surface area contributed by atoms with Crippen LogP contribution >= 0.6 is 11.6 Å².